The molecule has 0 fully saturated rings. The Morgan fingerprint density at radius 3 is 2.11 bits per heavy atom. The third-order valence-corrected chi connectivity index (χ3v) is 3.40. The molecule has 0 saturated heterocycles. The Kier molecular flexibility index (Phi) is 4.76. The first-order valence-electron chi connectivity index (χ1n) is 6.54. The molecule has 0 unspecified atom stereocenters. The van der Waals surface area contributed by atoms with Crippen LogP contribution in [-0.2, 0) is 10.2 Å². The van der Waals surface area contributed by atoms with Crippen molar-refractivity contribution in [3.63, 3.8) is 0 Å². The molecular weight excluding hydrogens is 224 g/mol. The van der Waals surface area contributed by atoms with Crippen LogP contribution in [0.1, 0.15) is 39.7 Å². The molecule has 1 rings (SSSR count). The van der Waals surface area contributed by atoms with E-state index in [0.717, 1.165) is 24.3 Å². The number of amides is 1. The standard InChI is InChI=1S/C15H24N2O/c1-5-17(6-2)14(18)11-15(3,4)12-7-9-13(16)10-8-12/h7-10H,5-6,11,16H2,1-4H3. The minimum absolute atomic E-state index is 0.159. The molecule has 0 radical (unpaired) electrons. The Balaban J connectivity index is 2.81. The predicted octanol–water partition coefficient (Wildman–Crippen LogP) is 2.80. The normalized spacial score (nSPS) is 11.3. The highest BCUT2D eigenvalue weighted by Gasteiger charge is 2.26. The number of carbonyl (C=O) groups excluding carboxylic acids is 1. The largest absolute Gasteiger partial charge is 0.399 e. The molecule has 1 amide bonds. The highest BCUT2D eigenvalue weighted by Crippen LogP contribution is 2.28. The van der Waals surface area contributed by atoms with Crippen LogP contribution in [0.4, 0.5) is 5.69 Å². The number of nitrogens with zero attached hydrogens (tertiary/aromatic N) is 1. The number of hydrogen-bond acceptors (Lipinski definition) is 2. The molecule has 3 nitrogen and oxygen atoms in total. The van der Waals surface area contributed by atoms with Crippen molar-refractivity contribution in [1.29, 1.82) is 0 Å². The van der Waals surface area contributed by atoms with Crippen molar-refractivity contribution in [2.75, 3.05) is 18.8 Å². The van der Waals surface area contributed by atoms with Gasteiger partial charge in [-0.05, 0) is 37.0 Å². The topological polar surface area (TPSA) is 46.3 Å². The maximum atomic E-state index is 12.2. The average molecular weight is 248 g/mol. The van der Waals surface area contributed by atoms with E-state index in [-0.39, 0.29) is 11.3 Å². The van der Waals surface area contributed by atoms with Crippen molar-refractivity contribution in [2.24, 2.45) is 0 Å². The van der Waals surface area contributed by atoms with Gasteiger partial charge in [0.05, 0.1) is 0 Å². The first kappa shape index (κ1) is 14.6. The third-order valence-electron chi connectivity index (χ3n) is 3.40. The molecule has 1 aromatic carbocycles. The van der Waals surface area contributed by atoms with E-state index in [1.54, 1.807) is 0 Å². The summed E-state index contributed by atoms with van der Waals surface area (Å²) >= 11 is 0. The van der Waals surface area contributed by atoms with Gasteiger partial charge in [0.25, 0.3) is 0 Å². The lowest BCUT2D eigenvalue weighted by atomic mass is 9.81. The Labute approximate surface area is 110 Å². The van der Waals surface area contributed by atoms with Gasteiger partial charge in [0.1, 0.15) is 0 Å². The van der Waals surface area contributed by atoms with E-state index in [9.17, 15) is 4.79 Å². The van der Waals surface area contributed by atoms with Gasteiger partial charge in [0.2, 0.25) is 5.91 Å². The third kappa shape index (κ3) is 3.49. The Hall–Kier alpha value is -1.51. The zero-order chi connectivity index (χ0) is 13.8. The zero-order valence-electron chi connectivity index (χ0n) is 11.9. The number of nitrogen functional groups attached to an aromatic ring is 1. The smallest absolute Gasteiger partial charge is 0.223 e. The summed E-state index contributed by atoms with van der Waals surface area (Å²) in [6.45, 7) is 9.76. The fourth-order valence-corrected chi connectivity index (χ4v) is 2.10. The van der Waals surface area contributed by atoms with Crippen LogP contribution >= 0.6 is 0 Å². The highest BCUT2D eigenvalue weighted by atomic mass is 16.2. The number of hydrogen-bond donors (Lipinski definition) is 1. The van der Waals surface area contributed by atoms with Crippen LogP contribution in [-0.4, -0.2) is 23.9 Å². The summed E-state index contributed by atoms with van der Waals surface area (Å²) in [5.74, 6) is 0.210. The number of anilines is 1. The SMILES string of the molecule is CCN(CC)C(=O)CC(C)(C)c1ccc(N)cc1. The van der Waals surface area contributed by atoms with Gasteiger partial charge in [-0.15, -0.1) is 0 Å². The fourth-order valence-electron chi connectivity index (χ4n) is 2.10. The summed E-state index contributed by atoms with van der Waals surface area (Å²) in [7, 11) is 0. The van der Waals surface area contributed by atoms with Gasteiger partial charge in [-0.3, -0.25) is 4.79 Å². The molecule has 0 aliphatic rings. The second-order valence-electron chi connectivity index (χ2n) is 5.25. The molecule has 0 heterocycles. The van der Waals surface area contributed by atoms with Crippen molar-refractivity contribution in [2.45, 2.75) is 39.5 Å². The number of nitrogens with two attached hydrogens (primary N) is 1. The maximum Gasteiger partial charge on any atom is 0.223 e. The van der Waals surface area contributed by atoms with Crippen molar-refractivity contribution in [3.05, 3.63) is 29.8 Å². The van der Waals surface area contributed by atoms with Gasteiger partial charge in [-0.2, -0.15) is 0 Å². The Bertz CT molecular complexity index is 391. The summed E-state index contributed by atoms with van der Waals surface area (Å²) in [6.07, 6.45) is 0.526. The second kappa shape index (κ2) is 5.89. The van der Waals surface area contributed by atoms with Crippen molar-refractivity contribution >= 4 is 11.6 Å². The van der Waals surface area contributed by atoms with Crippen LogP contribution < -0.4 is 5.73 Å². The average Bonchev–Trinajstić information content (AvgIpc) is 2.30. The van der Waals surface area contributed by atoms with E-state index in [1.807, 2.05) is 43.0 Å². The minimum Gasteiger partial charge on any atom is -0.399 e. The molecule has 0 aliphatic carbocycles. The van der Waals surface area contributed by atoms with Crippen LogP contribution in [0, 0.1) is 0 Å². The Morgan fingerprint density at radius 2 is 1.67 bits per heavy atom. The minimum atomic E-state index is -0.159. The molecule has 3 heteroatoms. The molecular formula is C15H24N2O. The maximum absolute atomic E-state index is 12.2. The summed E-state index contributed by atoms with van der Waals surface area (Å²) in [4.78, 5) is 14.0. The van der Waals surface area contributed by atoms with Gasteiger partial charge < -0.3 is 10.6 Å². The number of carbonyl (C=O) groups is 1. The number of benzene rings is 1. The van der Waals surface area contributed by atoms with Crippen LogP contribution in [0.3, 0.4) is 0 Å². The lowest BCUT2D eigenvalue weighted by molar-refractivity contribution is -0.131. The van der Waals surface area contributed by atoms with Crippen LogP contribution in [0.5, 0.6) is 0 Å². The number of rotatable bonds is 5. The van der Waals surface area contributed by atoms with E-state index in [1.165, 1.54) is 0 Å². The summed E-state index contributed by atoms with van der Waals surface area (Å²) in [6, 6.07) is 7.79. The van der Waals surface area contributed by atoms with Crippen LogP contribution in [0.2, 0.25) is 0 Å². The zero-order valence-corrected chi connectivity index (χ0v) is 11.9. The van der Waals surface area contributed by atoms with Gasteiger partial charge in [0.15, 0.2) is 0 Å². The molecule has 0 aliphatic heterocycles. The quantitative estimate of drug-likeness (QED) is 0.814. The molecule has 0 atom stereocenters. The Morgan fingerprint density at radius 1 is 1.17 bits per heavy atom. The molecule has 0 aromatic heterocycles. The predicted molar refractivity (Wildman–Crippen MR) is 76.4 cm³/mol. The lowest BCUT2D eigenvalue weighted by Gasteiger charge is -2.28. The molecule has 0 bridgehead atoms. The van der Waals surface area contributed by atoms with E-state index < -0.39 is 0 Å². The summed E-state index contributed by atoms with van der Waals surface area (Å²) in [5.41, 5.74) is 7.43. The summed E-state index contributed by atoms with van der Waals surface area (Å²) in [5, 5.41) is 0. The van der Waals surface area contributed by atoms with Gasteiger partial charge in [-0.1, -0.05) is 26.0 Å². The highest BCUT2D eigenvalue weighted by molar-refractivity contribution is 5.77. The van der Waals surface area contributed by atoms with E-state index in [4.69, 9.17) is 5.73 Å². The molecule has 2 N–H and O–H groups in total. The first-order chi connectivity index (χ1) is 8.40. The van der Waals surface area contributed by atoms with Crippen molar-refractivity contribution in [1.82, 2.24) is 4.90 Å². The lowest BCUT2D eigenvalue weighted by Crippen LogP contribution is -2.35. The molecule has 0 spiro atoms. The van der Waals surface area contributed by atoms with Gasteiger partial charge in [-0.25, -0.2) is 0 Å². The van der Waals surface area contributed by atoms with Gasteiger partial charge in [0, 0.05) is 25.2 Å². The second-order valence-corrected chi connectivity index (χ2v) is 5.25. The molecule has 100 valence electrons. The van der Waals surface area contributed by atoms with E-state index in [0.29, 0.717) is 6.42 Å². The monoisotopic (exact) mass is 248 g/mol. The molecule has 18 heavy (non-hydrogen) atoms. The first-order valence-corrected chi connectivity index (χ1v) is 6.54. The molecule has 0 saturated carbocycles. The fraction of sp³-hybridized carbons (Fsp3) is 0.533. The van der Waals surface area contributed by atoms with E-state index in [2.05, 4.69) is 13.8 Å². The summed E-state index contributed by atoms with van der Waals surface area (Å²) < 4.78 is 0. The van der Waals surface area contributed by atoms with Crippen molar-refractivity contribution in [3.8, 4) is 0 Å². The molecule has 1 aromatic rings. The van der Waals surface area contributed by atoms with Crippen LogP contribution in [0.25, 0.3) is 0 Å². The van der Waals surface area contributed by atoms with E-state index >= 15 is 0 Å². The van der Waals surface area contributed by atoms with Crippen LogP contribution in [0.15, 0.2) is 24.3 Å². The van der Waals surface area contributed by atoms with Gasteiger partial charge >= 0.3 is 0 Å². The van der Waals surface area contributed by atoms with Crippen molar-refractivity contribution < 1.29 is 4.79 Å².